The molecular weight excluding hydrogens is 308 g/mol. The molecule has 2 rings (SSSR count). The number of rotatable bonds is 6. The number of nitrogen functional groups attached to an aromatic ring is 1. The number of likely N-dealkylation sites (N-methyl/N-ethyl adjacent to an activating group) is 1. The van der Waals surface area contributed by atoms with E-state index in [1.807, 2.05) is 25.9 Å². The van der Waals surface area contributed by atoms with Gasteiger partial charge in [0.25, 0.3) is 0 Å². The van der Waals surface area contributed by atoms with Crippen LogP contribution < -0.4 is 16.0 Å². The number of carbonyl (C=O) groups excluding carboxylic acids is 1. The van der Waals surface area contributed by atoms with Crippen molar-refractivity contribution < 1.29 is 4.79 Å². The third kappa shape index (κ3) is 4.75. The molecule has 1 aliphatic heterocycles. The molecule has 1 aliphatic rings. The second-order valence-electron chi connectivity index (χ2n) is 6.19. The molecule has 9 nitrogen and oxygen atoms in total. The van der Waals surface area contributed by atoms with Crippen LogP contribution in [0.4, 0.5) is 11.9 Å². The highest BCUT2D eigenvalue weighted by Crippen LogP contribution is 2.20. The number of piperazine rings is 1. The van der Waals surface area contributed by atoms with Gasteiger partial charge in [-0.2, -0.15) is 15.0 Å². The Labute approximate surface area is 143 Å². The summed E-state index contributed by atoms with van der Waals surface area (Å²) in [6.07, 6.45) is 0. The normalized spacial score (nSPS) is 17.5. The largest absolute Gasteiger partial charge is 0.368 e. The quantitative estimate of drug-likeness (QED) is 0.705. The number of aromatic nitrogens is 3. The van der Waals surface area contributed by atoms with Crippen molar-refractivity contribution in [1.29, 1.82) is 0 Å². The van der Waals surface area contributed by atoms with Crippen molar-refractivity contribution in [2.75, 3.05) is 64.0 Å². The van der Waals surface area contributed by atoms with Gasteiger partial charge in [-0.25, -0.2) is 0 Å². The molecule has 0 saturated carbocycles. The van der Waals surface area contributed by atoms with Crippen LogP contribution in [0.3, 0.4) is 0 Å². The van der Waals surface area contributed by atoms with Gasteiger partial charge in [0.05, 0.1) is 12.6 Å². The Morgan fingerprint density at radius 3 is 2.50 bits per heavy atom. The summed E-state index contributed by atoms with van der Waals surface area (Å²) in [4.78, 5) is 30.9. The second kappa shape index (κ2) is 8.20. The number of hydrogen-bond acceptors (Lipinski definition) is 8. The van der Waals surface area contributed by atoms with E-state index in [0.717, 1.165) is 26.2 Å². The van der Waals surface area contributed by atoms with Crippen molar-refractivity contribution in [3.8, 4) is 0 Å². The van der Waals surface area contributed by atoms with Gasteiger partial charge in [-0.1, -0.05) is 0 Å². The van der Waals surface area contributed by atoms with Crippen molar-refractivity contribution in [3.05, 3.63) is 5.82 Å². The molecule has 24 heavy (non-hydrogen) atoms. The Hall–Kier alpha value is -2.00. The minimum absolute atomic E-state index is 0.0561. The molecule has 134 valence electrons. The van der Waals surface area contributed by atoms with E-state index in [0.29, 0.717) is 24.9 Å². The Bertz CT molecular complexity index is 556. The van der Waals surface area contributed by atoms with Gasteiger partial charge in [0, 0.05) is 46.8 Å². The lowest BCUT2D eigenvalue weighted by molar-refractivity contribution is -0.122. The smallest absolute Gasteiger partial charge is 0.234 e. The summed E-state index contributed by atoms with van der Waals surface area (Å²) in [6, 6.07) is 0.0561. The molecule has 1 aromatic rings. The standard InChI is InChI=1S/C15H28N8O/c1-5-17-12(24)10-22-6-8-23(9-7-22)11(2)13-18-14(16)20-15(19-13)21(3)4/h11H,5-10H2,1-4H3,(H,17,24)(H2,16,18,19,20)/t11-/m1/s1. The fourth-order valence-corrected chi connectivity index (χ4v) is 2.71. The zero-order valence-electron chi connectivity index (χ0n) is 15.0. The molecule has 0 unspecified atom stereocenters. The Kier molecular flexibility index (Phi) is 6.27. The monoisotopic (exact) mass is 336 g/mol. The molecule has 1 amide bonds. The van der Waals surface area contributed by atoms with E-state index < -0.39 is 0 Å². The molecule has 0 spiro atoms. The fourth-order valence-electron chi connectivity index (χ4n) is 2.71. The van der Waals surface area contributed by atoms with E-state index in [-0.39, 0.29) is 17.9 Å². The number of nitrogens with one attached hydrogen (secondary N) is 1. The summed E-state index contributed by atoms with van der Waals surface area (Å²) in [6.45, 7) is 8.57. The SMILES string of the molecule is CCNC(=O)CN1CCN([C@H](C)c2nc(N)nc(N(C)C)n2)CC1. The Balaban J connectivity index is 1.95. The van der Waals surface area contributed by atoms with Crippen LogP contribution in [0.15, 0.2) is 0 Å². The van der Waals surface area contributed by atoms with Gasteiger partial charge in [0.15, 0.2) is 5.82 Å². The van der Waals surface area contributed by atoms with Gasteiger partial charge in [-0.15, -0.1) is 0 Å². The topological polar surface area (TPSA) is 104 Å². The Morgan fingerprint density at radius 1 is 1.25 bits per heavy atom. The molecule has 0 bridgehead atoms. The summed E-state index contributed by atoms with van der Waals surface area (Å²) in [5, 5.41) is 2.84. The zero-order chi connectivity index (χ0) is 17.7. The van der Waals surface area contributed by atoms with Gasteiger partial charge in [-0.3, -0.25) is 14.6 Å². The number of nitrogens with two attached hydrogens (primary N) is 1. The highest BCUT2D eigenvalue weighted by atomic mass is 16.2. The fraction of sp³-hybridized carbons (Fsp3) is 0.733. The molecule has 3 N–H and O–H groups in total. The first-order valence-corrected chi connectivity index (χ1v) is 8.32. The number of nitrogens with zero attached hydrogens (tertiary/aromatic N) is 6. The van der Waals surface area contributed by atoms with Crippen molar-refractivity contribution >= 4 is 17.8 Å². The van der Waals surface area contributed by atoms with Crippen molar-refractivity contribution in [3.63, 3.8) is 0 Å². The molecule has 1 atom stereocenters. The van der Waals surface area contributed by atoms with Gasteiger partial charge < -0.3 is 16.0 Å². The molecular formula is C15H28N8O. The van der Waals surface area contributed by atoms with Crippen LogP contribution in [0.1, 0.15) is 25.7 Å². The lowest BCUT2D eigenvalue weighted by Gasteiger charge is -2.37. The van der Waals surface area contributed by atoms with Gasteiger partial charge in [0.2, 0.25) is 17.8 Å². The molecule has 1 aromatic heterocycles. The van der Waals surface area contributed by atoms with Crippen LogP contribution in [0, 0.1) is 0 Å². The third-order valence-electron chi connectivity index (χ3n) is 4.13. The van der Waals surface area contributed by atoms with Crippen LogP contribution in [-0.4, -0.2) is 84.0 Å². The minimum atomic E-state index is 0.0561. The first kappa shape index (κ1) is 18.3. The maximum absolute atomic E-state index is 11.7. The molecule has 0 aromatic carbocycles. The lowest BCUT2D eigenvalue weighted by Crippen LogP contribution is -2.50. The van der Waals surface area contributed by atoms with E-state index in [4.69, 9.17) is 5.73 Å². The second-order valence-corrected chi connectivity index (χ2v) is 6.19. The van der Waals surface area contributed by atoms with E-state index in [1.165, 1.54) is 0 Å². The average molecular weight is 336 g/mol. The molecule has 2 heterocycles. The average Bonchev–Trinajstić information content (AvgIpc) is 2.54. The predicted octanol–water partition coefficient (Wildman–Crippen LogP) is -0.665. The van der Waals surface area contributed by atoms with E-state index in [1.54, 1.807) is 0 Å². The number of carbonyl (C=O) groups is 1. The molecule has 0 aliphatic carbocycles. The molecule has 0 radical (unpaired) electrons. The van der Waals surface area contributed by atoms with Gasteiger partial charge in [0.1, 0.15) is 0 Å². The van der Waals surface area contributed by atoms with Crippen LogP contribution >= 0.6 is 0 Å². The lowest BCUT2D eigenvalue weighted by atomic mass is 10.2. The van der Waals surface area contributed by atoms with Crippen molar-refractivity contribution in [2.45, 2.75) is 19.9 Å². The Morgan fingerprint density at radius 2 is 1.92 bits per heavy atom. The van der Waals surface area contributed by atoms with E-state index in [9.17, 15) is 4.79 Å². The van der Waals surface area contributed by atoms with E-state index in [2.05, 4.69) is 37.0 Å². The van der Waals surface area contributed by atoms with Crippen molar-refractivity contribution in [2.24, 2.45) is 0 Å². The summed E-state index contributed by atoms with van der Waals surface area (Å²) >= 11 is 0. The molecule has 9 heteroatoms. The number of hydrogen-bond donors (Lipinski definition) is 2. The maximum atomic E-state index is 11.7. The summed E-state index contributed by atoms with van der Waals surface area (Å²) in [7, 11) is 3.76. The van der Waals surface area contributed by atoms with Crippen LogP contribution in [0.2, 0.25) is 0 Å². The summed E-state index contributed by atoms with van der Waals surface area (Å²) < 4.78 is 0. The summed E-state index contributed by atoms with van der Waals surface area (Å²) in [5.74, 6) is 1.58. The maximum Gasteiger partial charge on any atom is 0.234 e. The first-order chi connectivity index (χ1) is 11.4. The van der Waals surface area contributed by atoms with Gasteiger partial charge >= 0.3 is 0 Å². The minimum Gasteiger partial charge on any atom is -0.368 e. The predicted molar refractivity (Wildman–Crippen MR) is 93.7 cm³/mol. The van der Waals surface area contributed by atoms with Crippen LogP contribution in [0.5, 0.6) is 0 Å². The van der Waals surface area contributed by atoms with Gasteiger partial charge in [-0.05, 0) is 13.8 Å². The van der Waals surface area contributed by atoms with Crippen molar-refractivity contribution in [1.82, 2.24) is 30.1 Å². The number of anilines is 2. The molecule has 1 fully saturated rings. The van der Waals surface area contributed by atoms with E-state index >= 15 is 0 Å². The highest BCUT2D eigenvalue weighted by Gasteiger charge is 2.25. The first-order valence-electron chi connectivity index (χ1n) is 8.32. The van der Waals surface area contributed by atoms with Crippen LogP contribution in [-0.2, 0) is 4.79 Å². The zero-order valence-corrected chi connectivity index (χ0v) is 15.0. The number of amides is 1. The summed E-state index contributed by atoms with van der Waals surface area (Å²) in [5.41, 5.74) is 5.81. The third-order valence-corrected chi connectivity index (χ3v) is 4.13. The molecule has 1 saturated heterocycles. The highest BCUT2D eigenvalue weighted by molar-refractivity contribution is 5.77. The van der Waals surface area contributed by atoms with Crippen LogP contribution in [0.25, 0.3) is 0 Å².